The normalized spacial score (nSPS) is 27.2. The number of hydrogen-bond acceptors (Lipinski definition) is 5. The molecule has 3 aromatic rings. The highest BCUT2D eigenvalue weighted by molar-refractivity contribution is 5.76. The summed E-state index contributed by atoms with van der Waals surface area (Å²) in [4.78, 5) is 20.6. The number of benzene rings is 1. The number of hydrogen-bond donors (Lipinski definition) is 1. The molecule has 32 heavy (non-hydrogen) atoms. The fourth-order valence-corrected chi connectivity index (χ4v) is 5.75. The minimum Gasteiger partial charge on any atom is -0.369 e. The standard InChI is InChI=1S/C24H25FN6O/c25-18-2-4-19(5-3-18)29-13-20-11-24(9-7-16(8-10-24)22(26)32)14-30(20)23(29)17-1-6-21-27-15-28-31(21)12-17/h1-6,12-13,15-16,23H,7-11,14H2,(H2,26,32). The van der Waals surface area contributed by atoms with Gasteiger partial charge in [0.05, 0.1) is 0 Å². The lowest BCUT2D eigenvalue weighted by Gasteiger charge is -2.39. The van der Waals surface area contributed by atoms with Gasteiger partial charge in [-0.3, -0.25) is 4.79 Å². The third-order valence-electron chi connectivity index (χ3n) is 7.45. The number of allylic oxidation sites excluding steroid dienone is 1. The van der Waals surface area contributed by atoms with E-state index in [9.17, 15) is 9.18 Å². The topological polar surface area (TPSA) is 79.8 Å². The van der Waals surface area contributed by atoms with Crippen LogP contribution in [0.2, 0.25) is 0 Å². The second-order valence-electron chi connectivity index (χ2n) is 9.38. The summed E-state index contributed by atoms with van der Waals surface area (Å²) in [6, 6.07) is 10.7. The van der Waals surface area contributed by atoms with E-state index in [1.807, 2.05) is 24.4 Å². The maximum Gasteiger partial charge on any atom is 0.220 e. The molecule has 2 fully saturated rings. The molecule has 1 amide bonds. The quantitative estimate of drug-likeness (QED) is 0.684. The van der Waals surface area contributed by atoms with Crippen LogP contribution in [0, 0.1) is 17.2 Å². The number of halogens is 1. The van der Waals surface area contributed by atoms with Crippen molar-refractivity contribution >= 4 is 17.2 Å². The Balaban J connectivity index is 1.36. The molecular formula is C24H25FN6O. The Labute approximate surface area is 185 Å². The van der Waals surface area contributed by atoms with Crippen LogP contribution in [0.15, 0.2) is 60.8 Å². The van der Waals surface area contributed by atoms with E-state index < -0.39 is 0 Å². The first-order valence-corrected chi connectivity index (χ1v) is 11.1. The number of primary amides is 1. The molecule has 1 aliphatic carbocycles. The van der Waals surface area contributed by atoms with E-state index >= 15 is 0 Å². The molecule has 6 rings (SSSR count). The molecule has 1 aromatic carbocycles. The molecule has 7 nitrogen and oxygen atoms in total. The summed E-state index contributed by atoms with van der Waals surface area (Å²) >= 11 is 0. The first-order valence-electron chi connectivity index (χ1n) is 11.1. The lowest BCUT2D eigenvalue weighted by molar-refractivity contribution is -0.123. The summed E-state index contributed by atoms with van der Waals surface area (Å²) in [7, 11) is 0. The summed E-state index contributed by atoms with van der Waals surface area (Å²) < 4.78 is 15.4. The van der Waals surface area contributed by atoms with Crippen molar-refractivity contribution in [1.29, 1.82) is 0 Å². The molecule has 0 radical (unpaired) electrons. The van der Waals surface area contributed by atoms with Gasteiger partial charge in [-0.15, -0.1) is 0 Å². The Morgan fingerprint density at radius 3 is 2.66 bits per heavy atom. The van der Waals surface area contributed by atoms with Crippen LogP contribution >= 0.6 is 0 Å². The number of aromatic nitrogens is 3. The zero-order valence-electron chi connectivity index (χ0n) is 17.7. The monoisotopic (exact) mass is 432 g/mol. The molecule has 0 bridgehead atoms. The second kappa shape index (κ2) is 7.05. The number of nitrogens with zero attached hydrogens (tertiary/aromatic N) is 5. The molecule has 1 spiro atoms. The predicted octanol–water partition coefficient (Wildman–Crippen LogP) is 3.60. The zero-order valence-corrected chi connectivity index (χ0v) is 17.7. The van der Waals surface area contributed by atoms with Gasteiger partial charge >= 0.3 is 0 Å². The highest BCUT2D eigenvalue weighted by atomic mass is 19.1. The Hall–Kier alpha value is -3.42. The Kier molecular flexibility index (Phi) is 4.25. The summed E-state index contributed by atoms with van der Waals surface area (Å²) in [5.74, 6) is -0.405. The van der Waals surface area contributed by atoms with Crippen molar-refractivity contribution in [2.75, 3.05) is 11.4 Å². The van der Waals surface area contributed by atoms with E-state index in [1.54, 1.807) is 10.8 Å². The molecule has 3 aliphatic rings. The van der Waals surface area contributed by atoms with E-state index in [0.717, 1.165) is 55.5 Å². The van der Waals surface area contributed by atoms with Gasteiger partial charge in [-0.05, 0) is 73.9 Å². The molecule has 2 aromatic heterocycles. The largest absolute Gasteiger partial charge is 0.369 e. The van der Waals surface area contributed by atoms with E-state index in [4.69, 9.17) is 5.73 Å². The van der Waals surface area contributed by atoms with Gasteiger partial charge in [0.25, 0.3) is 0 Å². The van der Waals surface area contributed by atoms with Gasteiger partial charge in [0.15, 0.2) is 5.65 Å². The Bertz CT molecular complexity index is 1210. The van der Waals surface area contributed by atoms with Crippen molar-refractivity contribution in [1.82, 2.24) is 19.5 Å². The summed E-state index contributed by atoms with van der Waals surface area (Å²) in [6.07, 6.45) is 10.5. The molecule has 1 saturated carbocycles. The highest BCUT2D eigenvalue weighted by Gasteiger charge is 2.49. The molecule has 8 heteroatoms. The minimum atomic E-state index is -0.244. The fraction of sp³-hybridized carbons (Fsp3) is 0.375. The van der Waals surface area contributed by atoms with Crippen LogP contribution in [0.3, 0.4) is 0 Å². The number of fused-ring (bicyclic) bond motifs is 2. The minimum absolute atomic E-state index is 0.00581. The van der Waals surface area contributed by atoms with E-state index in [-0.39, 0.29) is 29.2 Å². The van der Waals surface area contributed by atoms with Gasteiger partial charge in [0.1, 0.15) is 18.3 Å². The maximum absolute atomic E-state index is 13.6. The lowest BCUT2D eigenvalue weighted by Crippen LogP contribution is -2.38. The number of amides is 1. The number of carbonyl (C=O) groups is 1. The highest BCUT2D eigenvalue weighted by Crippen LogP contribution is 2.54. The summed E-state index contributed by atoms with van der Waals surface area (Å²) in [6.45, 7) is 0.933. The fourth-order valence-electron chi connectivity index (χ4n) is 5.75. The second-order valence-corrected chi connectivity index (χ2v) is 9.38. The smallest absolute Gasteiger partial charge is 0.220 e. The van der Waals surface area contributed by atoms with E-state index in [1.165, 1.54) is 17.8 Å². The van der Waals surface area contributed by atoms with E-state index in [0.29, 0.717) is 0 Å². The molecule has 2 N–H and O–H groups in total. The Morgan fingerprint density at radius 2 is 1.91 bits per heavy atom. The number of carbonyl (C=O) groups excluding carboxylic acids is 1. The van der Waals surface area contributed by atoms with Crippen molar-refractivity contribution in [2.45, 2.75) is 38.3 Å². The first-order chi connectivity index (χ1) is 15.5. The van der Waals surface area contributed by atoms with E-state index in [2.05, 4.69) is 32.1 Å². The molecule has 164 valence electrons. The maximum atomic E-state index is 13.6. The van der Waals surface area contributed by atoms with Crippen LogP contribution in [0.4, 0.5) is 10.1 Å². The van der Waals surface area contributed by atoms with Crippen molar-refractivity contribution in [2.24, 2.45) is 17.1 Å². The molecule has 1 unspecified atom stereocenters. The summed E-state index contributed by atoms with van der Waals surface area (Å²) in [5.41, 5.74) is 9.88. The van der Waals surface area contributed by atoms with Crippen molar-refractivity contribution in [3.05, 3.63) is 72.2 Å². The first kappa shape index (κ1) is 19.3. The molecule has 1 saturated heterocycles. The molecule has 1 atom stereocenters. The van der Waals surface area contributed by atoms with Crippen LogP contribution in [-0.2, 0) is 4.79 Å². The van der Waals surface area contributed by atoms with Crippen LogP contribution in [0.1, 0.15) is 43.8 Å². The van der Waals surface area contributed by atoms with Gasteiger partial charge in [0, 0.05) is 41.8 Å². The number of rotatable bonds is 3. The zero-order chi connectivity index (χ0) is 21.9. The average Bonchev–Trinajstić information content (AvgIpc) is 3.47. The van der Waals surface area contributed by atoms with Gasteiger partial charge in [-0.1, -0.05) is 0 Å². The van der Waals surface area contributed by atoms with Gasteiger partial charge in [-0.25, -0.2) is 13.9 Å². The van der Waals surface area contributed by atoms with Gasteiger partial charge in [0.2, 0.25) is 5.91 Å². The third kappa shape index (κ3) is 3.04. The summed E-state index contributed by atoms with van der Waals surface area (Å²) in [5, 5.41) is 4.31. The van der Waals surface area contributed by atoms with Crippen molar-refractivity contribution in [3.63, 3.8) is 0 Å². The molecule has 2 aliphatic heterocycles. The molecular weight excluding hydrogens is 407 g/mol. The van der Waals surface area contributed by atoms with Crippen LogP contribution in [-0.4, -0.2) is 31.9 Å². The van der Waals surface area contributed by atoms with Crippen molar-refractivity contribution < 1.29 is 9.18 Å². The lowest BCUT2D eigenvalue weighted by atomic mass is 9.69. The SMILES string of the molecule is NC(=O)C1CCC2(CC1)CC1=CN(c3ccc(F)cc3)C(c3ccc4ncnn4c3)N1C2. The van der Waals surface area contributed by atoms with Gasteiger partial charge in [-0.2, -0.15) is 5.10 Å². The van der Waals surface area contributed by atoms with Gasteiger partial charge < -0.3 is 15.5 Å². The van der Waals surface area contributed by atoms with Crippen LogP contribution in [0.5, 0.6) is 0 Å². The molecule has 4 heterocycles. The Morgan fingerprint density at radius 1 is 1.12 bits per heavy atom. The van der Waals surface area contributed by atoms with Crippen LogP contribution < -0.4 is 10.6 Å². The van der Waals surface area contributed by atoms with Crippen LogP contribution in [0.25, 0.3) is 5.65 Å². The third-order valence-corrected chi connectivity index (χ3v) is 7.45. The number of anilines is 1. The number of nitrogens with two attached hydrogens (primary N) is 1. The average molecular weight is 433 g/mol. The number of pyridine rings is 1. The van der Waals surface area contributed by atoms with Crippen molar-refractivity contribution in [3.8, 4) is 0 Å². The predicted molar refractivity (Wildman–Crippen MR) is 118 cm³/mol.